The molecule has 0 spiro atoms. The van der Waals surface area contributed by atoms with E-state index in [1.54, 1.807) is 0 Å². The van der Waals surface area contributed by atoms with Crippen LogP contribution in [0.5, 0.6) is 0 Å². The molecule has 0 saturated carbocycles. The number of hydrogen-bond donors (Lipinski definition) is 1. The van der Waals surface area contributed by atoms with Gasteiger partial charge in [0.1, 0.15) is 0 Å². The molecular formula is C15H31NO. The van der Waals surface area contributed by atoms with Crippen molar-refractivity contribution in [1.82, 2.24) is 5.32 Å². The first-order chi connectivity index (χ1) is 8.22. The zero-order chi connectivity index (χ0) is 12.7. The summed E-state index contributed by atoms with van der Waals surface area (Å²) in [5.41, 5.74) is 0. The summed E-state index contributed by atoms with van der Waals surface area (Å²) in [5, 5.41) is 3.70. The lowest BCUT2D eigenvalue weighted by atomic mass is 9.84. The number of hydrogen-bond acceptors (Lipinski definition) is 2. The highest BCUT2D eigenvalue weighted by molar-refractivity contribution is 4.86. The second-order valence-electron chi connectivity index (χ2n) is 5.56. The van der Waals surface area contributed by atoms with Crippen LogP contribution < -0.4 is 5.32 Å². The van der Waals surface area contributed by atoms with Crippen molar-refractivity contribution in [2.45, 2.75) is 71.9 Å². The minimum absolute atomic E-state index is 0.493. The predicted octanol–water partition coefficient (Wildman–Crippen LogP) is 3.61. The van der Waals surface area contributed by atoms with Crippen molar-refractivity contribution in [3.63, 3.8) is 0 Å². The van der Waals surface area contributed by atoms with Crippen LogP contribution in [0.4, 0.5) is 0 Å². The van der Waals surface area contributed by atoms with Gasteiger partial charge in [0.2, 0.25) is 0 Å². The van der Waals surface area contributed by atoms with Crippen LogP contribution in [0.2, 0.25) is 0 Å². The molecule has 0 aromatic heterocycles. The molecule has 102 valence electrons. The van der Waals surface area contributed by atoms with Crippen LogP contribution in [0.1, 0.15) is 59.8 Å². The highest BCUT2D eigenvalue weighted by Gasteiger charge is 2.33. The van der Waals surface area contributed by atoms with Crippen LogP contribution in [0.3, 0.4) is 0 Å². The molecule has 17 heavy (non-hydrogen) atoms. The molecule has 0 aromatic rings. The van der Waals surface area contributed by atoms with Gasteiger partial charge in [0, 0.05) is 18.6 Å². The average Bonchev–Trinajstić information content (AvgIpc) is 2.76. The van der Waals surface area contributed by atoms with Crippen LogP contribution in [-0.4, -0.2) is 25.3 Å². The molecule has 1 rings (SSSR count). The fourth-order valence-electron chi connectivity index (χ4n) is 3.26. The highest BCUT2D eigenvalue weighted by atomic mass is 16.5. The first-order valence-electron chi connectivity index (χ1n) is 7.57. The summed E-state index contributed by atoms with van der Waals surface area (Å²) in [5.74, 6) is 1.57. The standard InChI is InChI=1S/C15H31NO/c1-5-8-12(4)11-14(16-7-3)13-9-10-17-15(13)6-2/h12-16H,5-11H2,1-4H3. The normalized spacial score (nSPS) is 28.2. The molecular weight excluding hydrogens is 210 g/mol. The second-order valence-corrected chi connectivity index (χ2v) is 5.56. The smallest absolute Gasteiger partial charge is 0.0616 e. The van der Waals surface area contributed by atoms with Gasteiger partial charge in [-0.2, -0.15) is 0 Å². The van der Waals surface area contributed by atoms with Gasteiger partial charge in [-0.3, -0.25) is 0 Å². The third-order valence-electron chi connectivity index (χ3n) is 4.08. The summed E-state index contributed by atoms with van der Waals surface area (Å²) in [6, 6.07) is 0.661. The average molecular weight is 241 g/mol. The fourth-order valence-corrected chi connectivity index (χ4v) is 3.26. The topological polar surface area (TPSA) is 21.3 Å². The third-order valence-corrected chi connectivity index (χ3v) is 4.08. The van der Waals surface area contributed by atoms with E-state index in [2.05, 4.69) is 33.0 Å². The molecule has 1 N–H and O–H groups in total. The first-order valence-corrected chi connectivity index (χ1v) is 7.57. The maximum atomic E-state index is 5.84. The maximum Gasteiger partial charge on any atom is 0.0616 e. The van der Waals surface area contributed by atoms with E-state index in [0.717, 1.165) is 31.4 Å². The molecule has 4 unspecified atom stereocenters. The lowest BCUT2D eigenvalue weighted by Crippen LogP contribution is -2.41. The Hall–Kier alpha value is -0.0800. The van der Waals surface area contributed by atoms with E-state index in [1.165, 1.54) is 25.7 Å². The van der Waals surface area contributed by atoms with E-state index < -0.39 is 0 Å². The molecule has 1 fully saturated rings. The Labute approximate surface area is 108 Å². The lowest BCUT2D eigenvalue weighted by molar-refractivity contribution is 0.0746. The Balaban J connectivity index is 2.51. The number of nitrogens with one attached hydrogen (secondary N) is 1. The van der Waals surface area contributed by atoms with E-state index in [9.17, 15) is 0 Å². The van der Waals surface area contributed by atoms with E-state index in [1.807, 2.05) is 0 Å². The minimum Gasteiger partial charge on any atom is -0.378 e. The molecule has 0 aromatic carbocycles. The van der Waals surface area contributed by atoms with Gasteiger partial charge in [-0.1, -0.05) is 40.5 Å². The monoisotopic (exact) mass is 241 g/mol. The van der Waals surface area contributed by atoms with E-state index in [0.29, 0.717) is 12.1 Å². The molecule has 1 aliphatic rings. The van der Waals surface area contributed by atoms with Gasteiger partial charge in [-0.15, -0.1) is 0 Å². The van der Waals surface area contributed by atoms with Gasteiger partial charge in [0.05, 0.1) is 6.10 Å². The summed E-state index contributed by atoms with van der Waals surface area (Å²) in [6.45, 7) is 11.2. The largest absolute Gasteiger partial charge is 0.378 e. The third kappa shape index (κ3) is 4.59. The minimum atomic E-state index is 0.493. The van der Waals surface area contributed by atoms with Crippen molar-refractivity contribution in [2.75, 3.05) is 13.2 Å². The van der Waals surface area contributed by atoms with E-state index in [-0.39, 0.29) is 0 Å². The molecule has 0 amide bonds. The molecule has 2 heteroatoms. The van der Waals surface area contributed by atoms with Gasteiger partial charge < -0.3 is 10.1 Å². The molecule has 0 aliphatic carbocycles. The molecule has 1 aliphatic heterocycles. The van der Waals surface area contributed by atoms with Gasteiger partial charge in [-0.05, 0) is 31.7 Å². The van der Waals surface area contributed by atoms with Crippen molar-refractivity contribution < 1.29 is 4.74 Å². The Morgan fingerprint density at radius 1 is 1.29 bits per heavy atom. The van der Waals surface area contributed by atoms with Gasteiger partial charge in [0.15, 0.2) is 0 Å². The molecule has 0 radical (unpaired) electrons. The fraction of sp³-hybridized carbons (Fsp3) is 1.00. The Morgan fingerprint density at radius 3 is 2.65 bits per heavy atom. The number of rotatable bonds is 8. The summed E-state index contributed by atoms with van der Waals surface area (Å²) in [6.07, 6.45) is 6.87. The quantitative estimate of drug-likeness (QED) is 0.701. The zero-order valence-electron chi connectivity index (χ0n) is 12.2. The van der Waals surface area contributed by atoms with Crippen molar-refractivity contribution in [3.8, 4) is 0 Å². The molecule has 4 atom stereocenters. The van der Waals surface area contributed by atoms with Crippen LogP contribution in [0, 0.1) is 11.8 Å². The van der Waals surface area contributed by atoms with Crippen LogP contribution in [-0.2, 0) is 4.74 Å². The van der Waals surface area contributed by atoms with E-state index in [4.69, 9.17) is 4.74 Å². The number of ether oxygens (including phenoxy) is 1. The summed E-state index contributed by atoms with van der Waals surface area (Å²) >= 11 is 0. The molecule has 2 nitrogen and oxygen atoms in total. The van der Waals surface area contributed by atoms with Crippen molar-refractivity contribution >= 4 is 0 Å². The van der Waals surface area contributed by atoms with Crippen molar-refractivity contribution in [1.29, 1.82) is 0 Å². The maximum absolute atomic E-state index is 5.84. The van der Waals surface area contributed by atoms with Gasteiger partial charge >= 0.3 is 0 Å². The molecule has 1 heterocycles. The first kappa shape index (κ1) is 15.0. The lowest BCUT2D eigenvalue weighted by Gasteiger charge is -2.30. The van der Waals surface area contributed by atoms with E-state index >= 15 is 0 Å². The zero-order valence-corrected chi connectivity index (χ0v) is 12.2. The Bertz CT molecular complexity index is 195. The van der Waals surface area contributed by atoms with Gasteiger partial charge in [-0.25, -0.2) is 0 Å². The Kier molecular flexibility index (Phi) is 7.14. The summed E-state index contributed by atoms with van der Waals surface area (Å²) in [7, 11) is 0. The van der Waals surface area contributed by atoms with Gasteiger partial charge in [0.25, 0.3) is 0 Å². The predicted molar refractivity (Wildman–Crippen MR) is 74.3 cm³/mol. The second kappa shape index (κ2) is 8.10. The molecule has 1 saturated heterocycles. The van der Waals surface area contributed by atoms with Crippen LogP contribution in [0.25, 0.3) is 0 Å². The van der Waals surface area contributed by atoms with Crippen LogP contribution >= 0.6 is 0 Å². The SMILES string of the molecule is CCCC(C)CC(NCC)C1CCOC1CC. The summed E-state index contributed by atoms with van der Waals surface area (Å²) in [4.78, 5) is 0. The summed E-state index contributed by atoms with van der Waals surface area (Å²) < 4.78 is 5.84. The van der Waals surface area contributed by atoms with Crippen molar-refractivity contribution in [3.05, 3.63) is 0 Å². The Morgan fingerprint density at radius 2 is 2.06 bits per heavy atom. The van der Waals surface area contributed by atoms with Crippen LogP contribution in [0.15, 0.2) is 0 Å². The van der Waals surface area contributed by atoms with Crippen molar-refractivity contribution in [2.24, 2.45) is 11.8 Å². The molecule has 0 bridgehead atoms. The highest BCUT2D eigenvalue weighted by Crippen LogP contribution is 2.30.